The van der Waals surface area contributed by atoms with Gasteiger partial charge in [0, 0.05) is 5.56 Å². The van der Waals surface area contributed by atoms with Crippen LogP contribution in [0.1, 0.15) is 49.0 Å². The molecule has 1 aliphatic rings. The minimum absolute atomic E-state index is 0.0129. The number of carbonyl (C=O) groups excluding carboxylic acids is 1. The first-order valence-corrected chi connectivity index (χ1v) is 7.19. The van der Waals surface area contributed by atoms with Crippen molar-refractivity contribution < 1.29 is 14.6 Å². The molecule has 1 amide bonds. The highest BCUT2D eigenvalue weighted by Crippen LogP contribution is 2.31. The van der Waals surface area contributed by atoms with E-state index in [0.717, 1.165) is 24.8 Å². The van der Waals surface area contributed by atoms with Crippen LogP contribution in [-0.4, -0.2) is 29.3 Å². The molecule has 110 valence electrons. The Kier molecular flexibility index (Phi) is 4.78. The van der Waals surface area contributed by atoms with Gasteiger partial charge in [0.05, 0.1) is 24.9 Å². The van der Waals surface area contributed by atoms with Crippen molar-refractivity contribution in [3.05, 3.63) is 35.4 Å². The maximum absolute atomic E-state index is 12.1. The normalized spacial score (nSPS) is 16.8. The highest BCUT2D eigenvalue weighted by Gasteiger charge is 2.37. The topological polar surface area (TPSA) is 58.6 Å². The number of aliphatic hydroxyl groups is 1. The molecule has 1 aromatic rings. The van der Waals surface area contributed by atoms with Crippen LogP contribution in [0.4, 0.5) is 0 Å². The summed E-state index contributed by atoms with van der Waals surface area (Å²) in [5.41, 5.74) is 1.28. The molecule has 20 heavy (non-hydrogen) atoms. The van der Waals surface area contributed by atoms with Crippen molar-refractivity contribution in [3.63, 3.8) is 0 Å². The van der Waals surface area contributed by atoms with Crippen molar-refractivity contribution in [2.75, 3.05) is 6.61 Å². The fourth-order valence-corrected chi connectivity index (χ4v) is 2.25. The third-order valence-electron chi connectivity index (χ3n) is 3.79. The number of ether oxygens (including phenoxy) is 1. The Morgan fingerprint density at radius 3 is 2.45 bits per heavy atom. The average Bonchev–Trinajstić information content (AvgIpc) is 2.41. The largest absolute Gasteiger partial charge is 0.394 e. The molecule has 1 aromatic carbocycles. The molecule has 1 fully saturated rings. The fourth-order valence-electron chi connectivity index (χ4n) is 2.25. The van der Waals surface area contributed by atoms with E-state index < -0.39 is 5.54 Å². The van der Waals surface area contributed by atoms with Crippen molar-refractivity contribution in [3.8, 4) is 0 Å². The number of hydrogen-bond acceptors (Lipinski definition) is 3. The SMILES string of the molecule is CC(C)OCc1ccc(C(=O)NC2(CO)CCC2)cc1. The molecule has 0 radical (unpaired) electrons. The second-order valence-corrected chi connectivity index (χ2v) is 5.80. The summed E-state index contributed by atoms with van der Waals surface area (Å²) in [6.45, 7) is 4.56. The minimum Gasteiger partial charge on any atom is -0.394 e. The van der Waals surface area contributed by atoms with E-state index >= 15 is 0 Å². The zero-order valence-electron chi connectivity index (χ0n) is 12.2. The van der Waals surface area contributed by atoms with Gasteiger partial charge in [-0.15, -0.1) is 0 Å². The maximum atomic E-state index is 12.1. The second-order valence-electron chi connectivity index (χ2n) is 5.80. The number of amides is 1. The molecule has 0 spiro atoms. The monoisotopic (exact) mass is 277 g/mol. The molecule has 2 rings (SSSR count). The van der Waals surface area contributed by atoms with Crippen LogP contribution in [0.25, 0.3) is 0 Å². The highest BCUT2D eigenvalue weighted by molar-refractivity contribution is 5.94. The lowest BCUT2D eigenvalue weighted by Crippen LogP contribution is -2.56. The van der Waals surface area contributed by atoms with Crippen LogP contribution in [-0.2, 0) is 11.3 Å². The lowest BCUT2D eigenvalue weighted by atomic mass is 9.77. The molecule has 0 saturated heterocycles. The molecule has 0 heterocycles. The quantitative estimate of drug-likeness (QED) is 0.838. The van der Waals surface area contributed by atoms with Crippen molar-refractivity contribution in [1.82, 2.24) is 5.32 Å². The Morgan fingerprint density at radius 1 is 1.35 bits per heavy atom. The van der Waals surface area contributed by atoms with Gasteiger partial charge < -0.3 is 15.2 Å². The molecule has 1 saturated carbocycles. The van der Waals surface area contributed by atoms with Crippen LogP contribution in [0, 0.1) is 0 Å². The van der Waals surface area contributed by atoms with E-state index in [2.05, 4.69) is 5.32 Å². The molecule has 1 aliphatic carbocycles. The summed E-state index contributed by atoms with van der Waals surface area (Å²) in [7, 11) is 0. The van der Waals surface area contributed by atoms with Crippen LogP contribution in [0.15, 0.2) is 24.3 Å². The summed E-state index contributed by atoms with van der Waals surface area (Å²) in [5.74, 6) is -0.116. The molecule has 4 heteroatoms. The van der Waals surface area contributed by atoms with Gasteiger partial charge in [-0.2, -0.15) is 0 Å². The summed E-state index contributed by atoms with van der Waals surface area (Å²) in [6.07, 6.45) is 2.97. The van der Waals surface area contributed by atoms with E-state index in [1.54, 1.807) is 12.1 Å². The van der Waals surface area contributed by atoms with Crippen LogP contribution in [0.3, 0.4) is 0 Å². The average molecular weight is 277 g/mol. The Hall–Kier alpha value is -1.39. The van der Waals surface area contributed by atoms with E-state index in [1.165, 1.54) is 0 Å². The maximum Gasteiger partial charge on any atom is 0.251 e. The molecule has 0 aliphatic heterocycles. The lowest BCUT2D eigenvalue weighted by molar-refractivity contribution is 0.0637. The highest BCUT2D eigenvalue weighted by atomic mass is 16.5. The number of carbonyl (C=O) groups is 1. The molecule has 0 aromatic heterocycles. The van der Waals surface area contributed by atoms with E-state index in [-0.39, 0.29) is 18.6 Å². The van der Waals surface area contributed by atoms with Gasteiger partial charge in [0.25, 0.3) is 5.91 Å². The summed E-state index contributed by atoms with van der Waals surface area (Å²) in [4.78, 5) is 12.1. The summed E-state index contributed by atoms with van der Waals surface area (Å²) >= 11 is 0. The van der Waals surface area contributed by atoms with Crippen LogP contribution >= 0.6 is 0 Å². The molecular formula is C16H23NO3. The molecule has 0 atom stereocenters. The number of rotatable bonds is 6. The van der Waals surface area contributed by atoms with Gasteiger partial charge in [0.2, 0.25) is 0 Å². The van der Waals surface area contributed by atoms with E-state index in [4.69, 9.17) is 4.74 Å². The lowest BCUT2D eigenvalue weighted by Gasteiger charge is -2.40. The summed E-state index contributed by atoms with van der Waals surface area (Å²) in [5, 5.41) is 12.3. The molecule has 0 unspecified atom stereocenters. The van der Waals surface area contributed by atoms with Gasteiger partial charge in [-0.3, -0.25) is 4.79 Å². The van der Waals surface area contributed by atoms with Crippen LogP contribution in [0.2, 0.25) is 0 Å². The Labute approximate surface area is 120 Å². The fraction of sp³-hybridized carbons (Fsp3) is 0.562. The van der Waals surface area contributed by atoms with Gasteiger partial charge in [0.15, 0.2) is 0 Å². The van der Waals surface area contributed by atoms with Crippen molar-refractivity contribution >= 4 is 5.91 Å². The van der Waals surface area contributed by atoms with Crippen LogP contribution < -0.4 is 5.32 Å². The van der Waals surface area contributed by atoms with Gasteiger partial charge >= 0.3 is 0 Å². The summed E-state index contributed by atoms with van der Waals surface area (Å²) < 4.78 is 5.52. The van der Waals surface area contributed by atoms with E-state index in [9.17, 15) is 9.90 Å². The summed E-state index contributed by atoms with van der Waals surface area (Å²) in [6, 6.07) is 7.42. The first-order chi connectivity index (χ1) is 9.54. The molecular weight excluding hydrogens is 254 g/mol. The second kappa shape index (κ2) is 6.37. The predicted molar refractivity (Wildman–Crippen MR) is 77.5 cm³/mol. The number of benzene rings is 1. The third-order valence-corrected chi connectivity index (χ3v) is 3.79. The first kappa shape index (κ1) is 15.0. The van der Waals surface area contributed by atoms with E-state index in [1.807, 2.05) is 26.0 Å². The molecule has 4 nitrogen and oxygen atoms in total. The van der Waals surface area contributed by atoms with E-state index in [0.29, 0.717) is 12.2 Å². The molecule has 2 N–H and O–H groups in total. The van der Waals surface area contributed by atoms with Gasteiger partial charge in [-0.05, 0) is 50.8 Å². The predicted octanol–water partition coefficient (Wildman–Crippen LogP) is 2.26. The Bertz CT molecular complexity index is 444. The standard InChI is InChI=1S/C16H23NO3/c1-12(2)20-10-13-4-6-14(7-5-13)15(19)17-16(11-18)8-3-9-16/h4-7,12,18H,3,8-11H2,1-2H3,(H,17,19). The zero-order valence-corrected chi connectivity index (χ0v) is 12.2. The Balaban J connectivity index is 1.93. The van der Waals surface area contributed by atoms with Gasteiger partial charge in [0.1, 0.15) is 0 Å². The van der Waals surface area contributed by atoms with Gasteiger partial charge in [-0.25, -0.2) is 0 Å². The van der Waals surface area contributed by atoms with Crippen molar-refractivity contribution in [2.24, 2.45) is 0 Å². The van der Waals surface area contributed by atoms with Gasteiger partial charge in [-0.1, -0.05) is 12.1 Å². The number of aliphatic hydroxyl groups excluding tert-OH is 1. The third kappa shape index (κ3) is 3.58. The van der Waals surface area contributed by atoms with Crippen LogP contribution in [0.5, 0.6) is 0 Å². The number of nitrogens with one attached hydrogen (secondary N) is 1. The van der Waals surface area contributed by atoms with Crippen molar-refractivity contribution in [1.29, 1.82) is 0 Å². The minimum atomic E-state index is -0.392. The first-order valence-electron chi connectivity index (χ1n) is 7.19. The zero-order chi connectivity index (χ0) is 14.6. The smallest absolute Gasteiger partial charge is 0.251 e. The van der Waals surface area contributed by atoms with Crippen molar-refractivity contribution in [2.45, 2.75) is 51.4 Å². The number of hydrogen-bond donors (Lipinski definition) is 2. The molecule has 0 bridgehead atoms. The Morgan fingerprint density at radius 2 is 2.00 bits per heavy atom.